The molecule has 0 fully saturated rings. The maximum Gasteiger partial charge on any atom is 0.408 e. The maximum atomic E-state index is 14.7. The minimum Gasteiger partial charge on any atom is -0.444 e. The van der Waals surface area contributed by atoms with Crippen LogP contribution >= 0.6 is 0 Å². The lowest BCUT2D eigenvalue weighted by molar-refractivity contribution is -0.145. The Morgan fingerprint density at radius 3 is 2.05 bits per heavy atom. The van der Waals surface area contributed by atoms with E-state index in [4.69, 9.17) is 11.2 Å². The number of hydrogen-bond donors (Lipinski definition) is 2. The normalized spacial score (nSPS) is 13.8. The average molecular weight is 576 g/mol. The Labute approximate surface area is 252 Å². The lowest BCUT2D eigenvalue weighted by atomic mass is 9.93. The highest BCUT2D eigenvalue weighted by Gasteiger charge is 2.40. The fourth-order valence-corrected chi connectivity index (χ4v) is 4.71. The molecule has 0 spiro atoms. The van der Waals surface area contributed by atoms with Gasteiger partial charge < -0.3 is 20.3 Å². The molecule has 2 aromatic carbocycles. The van der Waals surface area contributed by atoms with Crippen molar-refractivity contribution in [3.63, 3.8) is 0 Å². The number of alkyl carbamates (subject to hydrolysis) is 1. The molecule has 3 unspecified atom stereocenters. The number of ether oxygens (including phenoxy) is 1. The van der Waals surface area contributed by atoms with Crippen molar-refractivity contribution in [3.8, 4) is 12.3 Å². The Hall–Kier alpha value is -3.79. The van der Waals surface area contributed by atoms with E-state index >= 15 is 0 Å². The van der Waals surface area contributed by atoms with Gasteiger partial charge in [0.05, 0.1) is 0 Å². The minimum atomic E-state index is -1.02. The summed E-state index contributed by atoms with van der Waals surface area (Å²) in [5, 5.41) is 5.89. The molecule has 0 radical (unpaired) electrons. The van der Waals surface area contributed by atoms with Gasteiger partial charge in [-0.15, -0.1) is 6.42 Å². The third kappa shape index (κ3) is 10.9. The smallest absolute Gasteiger partial charge is 0.408 e. The van der Waals surface area contributed by atoms with Gasteiger partial charge in [-0.1, -0.05) is 68.3 Å². The number of carbonyl (C=O) groups excluding carboxylic acids is 3. The van der Waals surface area contributed by atoms with E-state index in [1.165, 1.54) is 0 Å². The molecule has 42 heavy (non-hydrogen) atoms. The number of nitrogens with one attached hydrogen (secondary N) is 2. The van der Waals surface area contributed by atoms with E-state index < -0.39 is 29.3 Å². The van der Waals surface area contributed by atoms with Crippen LogP contribution in [0.4, 0.5) is 4.79 Å². The van der Waals surface area contributed by atoms with Gasteiger partial charge in [0.25, 0.3) is 0 Å². The summed E-state index contributed by atoms with van der Waals surface area (Å²) in [7, 11) is 0. The summed E-state index contributed by atoms with van der Waals surface area (Å²) in [5.41, 5.74) is 0.633. The monoisotopic (exact) mass is 575 g/mol. The van der Waals surface area contributed by atoms with E-state index in [2.05, 4.69) is 30.4 Å². The van der Waals surface area contributed by atoms with Gasteiger partial charge in [0.15, 0.2) is 0 Å². The van der Waals surface area contributed by atoms with Crippen LogP contribution in [0, 0.1) is 18.3 Å². The summed E-state index contributed by atoms with van der Waals surface area (Å²) in [5.74, 6) is 2.36. The average Bonchev–Trinajstić information content (AvgIpc) is 2.88. The molecule has 2 rings (SSSR count). The topological polar surface area (TPSA) is 87.7 Å². The Bertz CT molecular complexity index is 1240. The molecule has 0 saturated heterocycles. The van der Waals surface area contributed by atoms with E-state index in [1.54, 1.807) is 37.8 Å². The van der Waals surface area contributed by atoms with Gasteiger partial charge in [-0.3, -0.25) is 9.59 Å². The molecule has 7 heteroatoms. The van der Waals surface area contributed by atoms with Crippen LogP contribution in [0.2, 0.25) is 0 Å². The van der Waals surface area contributed by atoms with Crippen molar-refractivity contribution in [2.24, 2.45) is 5.92 Å². The summed E-state index contributed by atoms with van der Waals surface area (Å²) in [6.45, 7) is 17.2. The molecule has 0 aliphatic carbocycles. The van der Waals surface area contributed by atoms with Gasteiger partial charge in [-0.25, -0.2) is 4.79 Å². The first-order valence-corrected chi connectivity index (χ1v) is 14.8. The van der Waals surface area contributed by atoms with Gasteiger partial charge in [0, 0.05) is 23.6 Å². The van der Waals surface area contributed by atoms with E-state index in [0.717, 1.165) is 12.0 Å². The number of benzene rings is 2. The van der Waals surface area contributed by atoms with Gasteiger partial charge in [-0.2, -0.15) is 0 Å². The zero-order valence-corrected chi connectivity index (χ0v) is 26.8. The van der Waals surface area contributed by atoms with Crippen LogP contribution in [-0.4, -0.2) is 46.0 Å². The Kier molecular flexibility index (Phi) is 12.2. The van der Waals surface area contributed by atoms with Crippen LogP contribution < -0.4 is 10.6 Å². The second kappa shape index (κ2) is 14.9. The van der Waals surface area contributed by atoms with Crippen LogP contribution in [0.3, 0.4) is 0 Å². The van der Waals surface area contributed by atoms with E-state index in [-0.39, 0.29) is 24.3 Å². The highest BCUT2D eigenvalue weighted by atomic mass is 16.6. The third-order valence-electron chi connectivity index (χ3n) is 6.60. The van der Waals surface area contributed by atoms with E-state index in [0.29, 0.717) is 23.5 Å². The molecule has 3 atom stereocenters. The molecule has 0 bridgehead atoms. The molecule has 0 saturated carbocycles. The Morgan fingerprint density at radius 2 is 1.50 bits per heavy atom. The summed E-state index contributed by atoms with van der Waals surface area (Å²) >= 11 is 0. The first-order chi connectivity index (χ1) is 19.5. The molecule has 3 amide bonds. The molecule has 0 aliphatic heterocycles. The first kappa shape index (κ1) is 34.4. The molecule has 0 aliphatic rings. The van der Waals surface area contributed by atoms with Crippen molar-refractivity contribution in [1.29, 1.82) is 0 Å². The van der Waals surface area contributed by atoms with Gasteiger partial charge >= 0.3 is 6.09 Å². The highest BCUT2D eigenvalue weighted by molar-refractivity contribution is 5.93. The molecule has 0 heterocycles. The quantitative estimate of drug-likeness (QED) is 0.303. The molecule has 7 nitrogen and oxygen atoms in total. The van der Waals surface area contributed by atoms with Gasteiger partial charge in [0.2, 0.25) is 11.8 Å². The van der Waals surface area contributed by atoms with Crippen LogP contribution in [0.15, 0.2) is 54.6 Å². The molecular formula is C35H49N3O4. The van der Waals surface area contributed by atoms with Crippen molar-refractivity contribution < 1.29 is 19.1 Å². The highest BCUT2D eigenvalue weighted by Crippen LogP contribution is 2.30. The van der Waals surface area contributed by atoms with Crippen LogP contribution in [-0.2, 0) is 20.7 Å². The van der Waals surface area contributed by atoms with Crippen molar-refractivity contribution >= 4 is 17.9 Å². The number of terminal acetylenes is 1. The predicted molar refractivity (Wildman–Crippen MR) is 169 cm³/mol. The molecule has 2 aromatic rings. The van der Waals surface area contributed by atoms with Crippen molar-refractivity contribution in [2.75, 3.05) is 0 Å². The van der Waals surface area contributed by atoms with Crippen molar-refractivity contribution in [3.05, 3.63) is 71.3 Å². The number of rotatable bonds is 11. The number of hydrogen-bond acceptors (Lipinski definition) is 4. The molecule has 228 valence electrons. The van der Waals surface area contributed by atoms with Crippen molar-refractivity contribution in [1.82, 2.24) is 15.5 Å². The zero-order chi connectivity index (χ0) is 31.7. The number of nitrogens with zero attached hydrogens (tertiary/aromatic N) is 1. The largest absolute Gasteiger partial charge is 0.444 e. The second-order valence-corrected chi connectivity index (χ2v) is 13.3. The molecular weight excluding hydrogens is 526 g/mol. The third-order valence-corrected chi connectivity index (χ3v) is 6.60. The van der Waals surface area contributed by atoms with Gasteiger partial charge in [-0.05, 0) is 84.4 Å². The summed E-state index contributed by atoms with van der Waals surface area (Å²) in [6, 6.07) is 14.3. The SMILES string of the molecule is C#Cc1ccccc1C(C(=O)NC(C)(C)C)N(C(=O)C(Cc1ccccc1)NC(=O)OC(C)(C)C)C(C)CCC(C)C. The minimum absolute atomic E-state index is 0.219. The van der Waals surface area contributed by atoms with E-state index in [9.17, 15) is 14.4 Å². The molecule has 2 N–H and O–H groups in total. The van der Waals surface area contributed by atoms with Crippen molar-refractivity contribution in [2.45, 2.75) is 111 Å². The first-order valence-electron chi connectivity index (χ1n) is 14.8. The predicted octanol–water partition coefficient (Wildman–Crippen LogP) is 6.41. The summed E-state index contributed by atoms with van der Waals surface area (Å²) in [4.78, 5) is 43.5. The lowest BCUT2D eigenvalue weighted by Gasteiger charge is -2.40. The zero-order valence-electron chi connectivity index (χ0n) is 26.8. The fraction of sp³-hybridized carbons (Fsp3) is 0.514. The van der Waals surface area contributed by atoms with Gasteiger partial charge in [0.1, 0.15) is 17.7 Å². The Morgan fingerprint density at radius 1 is 0.905 bits per heavy atom. The van der Waals surface area contributed by atoms with Crippen LogP contribution in [0.1, 0.15) is 97.9 Å². The summed E-state index contributed by atoms with van der Waals surface area (Å²) < 4.78 is 5.54. The van der Waals surface area contributed by atoms with Crippen LogP contribution in [0.25, 0.3) is 0 Å². The van der Waals surface area contributed by atoms with E-state index in [1.807, 2.05) is 70.2 Å². The number of carbonyl (C=O) groups is 3. The molecule has 0 aromatic heterocycles. The maximum absolute atomic E-state index is 14.7. The van der Waals surface area contributed by atoms with Crippen LogP contribution in [0.5, 0.6) is 0 Å². The Balaban J connectivity index is 2.72. The second-order valence-electron chi connectivity index (χ2n) is 13.3. The fourth-order valence-electron chi connectivity index (χ4n) is 4.71. The summed E-state index contributed by atoms with van der Waals surface area (Å²) in [6.07, 6.45) is 6.91. The standard InChI is InChI=1S/C35H49N3O4/c1-11-27-19-15-16-20-28(27)30(31(39)37-34(5,6)7)38(25(4)22-21-24(2)3)32(40)29(23-26-17-13-12-14-18-26)36-33(41)42-35(8,9)10/h1,12-20,24-25,29-30H,21-23H2,2-10H3,(H,36,41)(H,37,39). The lowest BCUT2D eigenvalue weighted by Crippen LogP contribution is -2.57. The number of amides is 3.